The van der Waals surface area contributed by atoms with Crippen molar-refractivity contribution in [2.75, 3.05) is 14.2 Å². The molecule has 0 amide bonds. The maximum atomic E-state index is 5.90. The molecule has 3 aromatic rings. The van der Waals surface area contributed by atoms with Crippen molar-refractivity contribution in [3.8, 4) is 23.0 Å². The maximum absolute atomic E-state index is 5.90. The van der Waals surface area contributed by atoms with Crippen LogP contribution in [-0.2, 0) is 13.1 Å². The summed E-state index contributed by atoms with van der Waals surface area (Å²) in [6.07, 6.45) is 0. The van der Waals surface area contributed by atoms with E-state index in [1.54, 1.807) is 14.2 Å². The van der Waals surface area contributed by atoms with Crippen molar-refractivity contribution in [1.82, 2.24) is 15.1 Å². The summed E-state index contributed by atoms with van der Waals surface area (Å²) in [5, 5.41) is 8.42. The van der Waals surface area contributed by atoms with Crippen molar-refractivity contribution in [2.24, 2.45) is 0 Å². The molecule has 0 aliphatic carbocycles. The van der Waals surface area contributed by atoms with Crippen LogP contribution in [0.5, 0.6) is 11.5 Å². The van der Waals surface area contributed by atoms with E-state index in [9.17, 15) is 0 Å². The Balaban J connectivity index is 1.76. The molecular weight excluding hydrogens is 342 g/mol. The van der Waals surface area contributed by atoms with Gasteiger partial charge < -0.3 is 13.9 Å². The van der Waals surface area contributed by atoms with Crippen LogP contribution in [0.1, 0.15) is 25.3 Å². The standard InChI is InChI=1S/C21H25N3O3/c1-15(2)24(13-16-8-6-5-7-9-16)14-20-22-23-21(27-20)17-10-11-18(25-3)19(12-17)26-4/h5-12,15H,13-14H2,1-4H3. The van der Waals surface area contributed by atoms with Crippen LogP contribution in [0.4, 0.5) is 0 Å². The van der Waals surface area contributed by atoms with Gasteiger partial charge in [-0.25, -0.2) is 0 Å². The predicted molar refractivity (Wildman–Crippen MR) is 104 cm³/mol. The van der Waals surface area contributed by atoms with Gasteiger partial charge in [0.2, 0.25) is 11.8 Å². The molecule has 6 nitrogen and oxygen atoms in total. The fourth-order valence-electron chi connectivity index (χ4n) is 2.82. The molecular formula is C21H25N3O3. The molecule has 0 aliphatic heterocycles. The van der Waals surface area contributed by atoms with Crippen LogP contribution in [-0.4, -0.2) is 35.4 Å². The van der Waals surface area contributed by atoms with Crippen LogP contribution < -0.4 is 9.47 Å². The van der Waals surface area contributed by atoms with Crippen LogP contribution in [0.25, 0.3) is 11.5 Å². The summed E-state index contributed by atoms with van der Waals surface area (Å²) in [6, 6.07) is 16.3. The zero-order valence-electron chi connectivity index (χ0n) is 16.2. The molecule has 0 spiro atoms. The Morgan fingerprint density at radius 1 is 0.926 bits per heavy atom. The molecule has 0 atom stereocenters. The highest BCUT2D eigenvalue weighted by molar-refractivity contribution is 5.59. The molecule has 0 fully saturated rings. The summed E-state index contributed by atoms with van der Waals surface area (Å²) in [5.74, 6) is 2.34. The molecule has 0 N–H and O–H groups in total. The second-order valence-corrected chi connectivity index (χ2v) is 6.56. The van der Waals surface area contributed by atoms with Gasteiger partial charge in [-0.15, -0.1) is 10.2 Å². The van der Waals surface area contributed by atoms with Crippen molar-refractivity contribution in [2.45, 2.75) is 33.0 Å². The number of hydrogen-bond acceptors (Lipinski definition) is 6. The highest BCUT2D eigenvalue weighted by atomic mass is 16.5. The Kier molecular flexibility index (Phi) is 6.08. The van der Waals surface area contributed by atoms with Crippen LogP contribution in [0, 0.1) is 0 Å². The number of aromatic nitrogens is 2. The van der Waals surface area contributed by atoms with E-state index < -0.39 is 0 Å². The molecule has 1 aromatic heterocycles. The molecule has 0 aliphatic rings. The summed E-state index contributed by atoms with van der Waals surface area (Å²) >= 11 is 0. The number of rotatable bonds is 8. The maximum Gasteiger partial charge on any atom is 0.247 e. The zero-order chi connectivity index (χ0) is 19.2. The molecule has 0 saturated carbocycles. The van der Waals surface area contributed by atoms with E-state index in [0.29, 0.717) is 35.9 Å². The summed E-state index contributed by atoms with van der Waals surface area (Å²) in [6.45, 7) is 5.74. The lowest BCUT2D eigenvalue weighted by molar-refractivity contribution is 0.184. The third-order valence-corrected chi connectivity index (χ3v) is 4.39. The van der Waals surface area contributed by atoms with E-state index >= 15 is 0 Å². The van der Waals surface area contributed by atoms with Crippen LogP contribution >= 0.6 is 0 Å². The minimum absolute atomic E-state index is 0.349. The van der Waals surface area contributed by atoms with Crippen LogP contribution in [0.15, 0.2) is 52.9 Å². The lowest BCUT2D eigenvalue weighted by Gasteiger charge is -2.24. The first-order valence-corrected chi connectivity index (χ1v) is 8.93. The van der Waals surface area contributed by atoms with Crippen molar-refractivity contribution in [3.05, 3.63) is 60.0 Å². The van der Waals surface area contributed by atoms with Gasteiger partial charge in [0.25, 0.3) is 0 Å². The van der Waals surface area contributed by atoms with E-state index in [0.717, 1.165) is 12.1 Å². The summed E-state index contributed by atoms with van der Waals surface area (Å²) in [7, 11) is 3.21. The van der Waals surface area contributed by atoms with Gasteiger partial charge in [0, 0.05) is 18.2 Å². The highest BCUT2D eigenvalue weighted by Crippen LogP contribution is 2.31. The smallest absolute Gasteiger partial charge is 0.247 e. The number of ether oxygens (including phenoxy) is 2. The first-order chi connectivity index (χ1) is 13.1. The van der Waals surface area contributed by atoms with E-state index in [1.807, 2.05) is 24.3 Å². The molecule has 6 heteroatoms. The summed E-state index contributed by atoms with van der Waals surface area (Å²) in [4.78, 5) is 2.29. The van der Waals surface area contributed by atoms with Gasteiger partial charge in [-0.2, -0.15) is 0 Å². The normalized spacial score (nSPS) is 11.2. The van der Waals surface area contributed by atoms with Gasteiger partial charge in [0.1, 0.15) is 0 Å². The van der Waals surface area contributed by atoms with Crippen LogP contribution in [0.3, 0.4) is 0 Å². The molecule has 2 aromatic carbocycles. The Labute approximate surface area is 159 Å². The molecule has 142 valence electrons. The minimum Gasteiger partial charge on any atom is -0.493 e. The molecule has 0 bridgehead atoms. The fourth-order valence-corrected chi connectivity index (χ4v) is 2.82. The third-order valence-electron chi connectivity index (χ3n) is 4.39. The van der Waals surface area contributed by atoms with Crippen molar-refractivity contribution < 1.29 is 13.9 Å². The van der Waals surface area contributed by atoms with Crippen LogP contribution in [0.2, 0.25) is 0 Å². The average Bonchev–Trinajstić information content (AvgIpc) is 3.16. The Morgan fingerprint density at radius 3 is 2.33 bits per heavy atom. The van der Waals surface area contributed by atoms with Gasteiger partial charge in [-0.3, -0.25) is 4.90 Å². The predicted octanol–water partition coefficient (Wildman–Crippen LogP) is 4.16. The van der Waals surface area contributed by atoms with Gasteiger partial charge in [0.15, 0.2) is 11.5 Å². The summed E-state index contributed by atoms with van der Waals surface area (Å²) in [5.41, 5.74) is 2.05. The fraction of sp³-hybridized carbons (Fsp3) is 0.333. The highest BCUT2D eigenvalue weighted by Gasteiger charge is 2.17. The third kappa shape index (κ3) is 4.65. The van der Waals surface area contributed by atoms with Gasteiger partial charge >= 0.3 is 0 Å². The quantitative estimate of drug-likeness (QED) is 0.596. The van der Waals surface area contributed by atoms with E-state index in [1.165, 1.54) is 5.56 Å². The second kappa shape index (κ2) is 8.68. The summed E-state index contributed by atoms with van der Waals surface area (Å²) < 4.78 is 16.5. The van der Waals surface area contributed by atoms with Gasteiger partial charge in [0.05, 0.1) is 20.8 Å². The van der Waals surface area contributed by atoms with E-state index in [2.05, 4.69) is 53.2 Å². The molecule has 0 saturated heterocycles. The minimum atomic E-state index is 0.349. The number of nitrogens with zero attached hydrogens (tertiary/aromatic N) is 3. The largest absolute Gasteiger partial charge is 0.493 e. The topological polar surface area (TPSA) is 60.6 Å². The van der Waals surface area contributed by atoms with Gasteiger partial charge in [-0.1, -0.05) is 30.3 Å². The Bertz CT molecular complexity index is 862. The monoisotopic (exact) mass is 367 g/mol. The SMILES string of the molecule is COc1ccc(-c2nnc(CN(Cc3ccccc3)C(C)C)o2)cc1OC. The number of methoxy groups -OCH3 is 2. The lowest BCUT2D eigenvalue weighted by atomic mass is 10.2. The lowest BCUT2D eigenvalue weighted by Crippen LogP contribution is -2.29. The van der Waals surface area contributed by atoms with Crippen molar-refractivity contribution in [1.29, 1.82) is 0 Å². The Morgan fingerprint density at radius 2 is 1.67 bits per heavy atom. The molecule has 0 unspecified atom stereocenters. The zero-order valence-corrected chi connectivity index (χ0v) is 16.2. The number of hydrogen-bond donors (Lipinski definition) is 0. The second-order valence-electron chi connectivity index (χ2n) is 6.56. The first-order valence-electron chi connectivity index (χ1n) is 8.93. The van der Waals surface area contributed by atoms with E-state index in [4.69, 9.17) is 13.9 Å². The molecule has 0 radical (unpaired) electrons. The van der Waals surface area contributed by atoms with Crippen molar-refractivity contribution >= 4 is 0 Å². The molecule has 27 heavy (non-hydrogen) atoms. The number of benzene rings is 2. The molecule has 1 heterocycles. The molecule has 3 rings (SSSR count). The van der Waals surface area contributed by atoms with Crippen molar-refractivity contribution in [3.63, 3.8) is 0 Å². The van der Waals surface area contributed by atoms with E-state index in [-0.39, 0.29) is 0 Å². The first kappa shape index (κ1) is 18.9. The van der Waals surface area contributed by atoms with Gasteiger partial charge in [-0.05, 0) is 37.6 Å². The average molecular weight is 367 g/mol. The Hall–Kier alpha value is -2.86.